The molecule has 31 heavy (non-hydrogen) atoms. The third-order valence-electron chi connectivity index (χ3n) is 5.39. The van der Waals surface area contributed by atoms with Gasteiger partial charge in [-0.2, -0.15) is 0 Å². The van der Waals surface area contributed by atoms with Crippen LogP contribution in [0.5, 0.6) is 0 Å². The molecule has 0 radical (unpaired) electrons. The first kappa shape index (κ1) is 22.7. The maximum absolute atomic E-state index is 13.2. The SMILES string of the molecule is O=C(Cc1cccc(F)c1)NCCNC(=O)NCC1CCCN(Cc2ccccc2)C1. The highest BCUT2D eigenvalue weighted by atomic mass is 19.1. The number of rotatable bonds is 9. The lowest BCUT2D eigenvalue weighted by Crippen LogP contribution is -2.45. The van der Waals surface area contributed by atoms with Gasteiger partial charge < -0.3 is 16.0 Å². The molecule has 6 nitrogen and oxygen atoms in total. The van der Waals surface area contributed by atoms with E-state index in [0.717, 1.165) is 32.5 Å². The summed E-state index contributed by atoms with van der Waals surface area (Å²) >= 11 is 0. The molecule has 1 heterocycles. The Morgan fingerprint density at radius 1 is 0.968 bits per heavy atom. The maximum atomic E-state index is 13.2. The van der Waals surface area contributed by atoms with Crippen molar-refractivity contribution in [2.75, 3.05) is 32.7 Å². The molecule has 0 saturated carbocycles. The summed E-state index contributed by atoms with van der Waals surface area (Å²) in [6.07, 6.45) is 2.37. The first-order valence-corrected chi connectivity index (χ1v) is 10.9. The first-order valence-electron chi connectivity index (χ1n) is 10.9. The number of nitrogens with one attached hydrogen (secondary N) is 3. The predicted octanol–water partition coefficient (Wildman–Crippen LogP) is 2.70. The van der Waals surface area contributed by atoms with Gasteiger partial charge in [0.15, 0.2) is 0 Å². The van der Waals surface area contributed by atoms with Gasteiger partial charge in [-0.1, -0.05) is 42.5 Å². The molecular formula is C24H31FN4O2. The van der Waals surface area contributed by atoms with Crippen molar-refractivity contribution in [3.05, 3.63) is 71.5 Å². The number of benzene rings is 2. The van der Waals surface area contributed by atoms with Crippen molar-refractivity contribution in [3.8, 4) is 0 Å². The number of amides is 3. The number of likely N-dealkylation sites (tertiary alicyclic amines) is 1. The van der Waals surface area contributed by atoms with Crippen LogP contribution in [0, 0.1) is 11.7 Å². The fourth-order valence-corrected chi connectivity index (χ4v) is 3.88. The third kappa shape index (κ3) is 8.38. The minimum Gasteiger partial charge on any atom is -0.354 e. The van der Waals surface area contributed by atoms with E-state index >= 15 is 0 Å². The molecule has 0 aromatic heterocycles. The Hall–Kier alpha value is -2.93. The molecule has 2 aromatic rings. The van der Waals surface area contributed by atoms with Crippen LogP contribution in [0.2, 0.25) is 0 Å². The third-order valence-corrected chi connectivity index (χ3v) is 5.39. The van der Waals surface area contributed by atoms with Gasteiger partial charge in [0.25, 0.3) is 0 Å². The van der Waals surface area contributed by atoms with Crippen LogP contribution in [0.4, 0.5) is 9.18 Å². The Morgan fingerprint density at radius 3 is 2.55 bits per heavy atom. The molecule has 1 unspecified atom stereocenters. The Kier molecular flexibility index (Phi) is 8.84. The zero-order valence-electron chi connectivity index (χ0n) is 17.8. The van der Waals surface area contributed by atoms with Crippen LogP contribution in [-0.4, -0.2) is 49.6 Å². The second-order valence-corrected chi connectivity index (χ2v) is 8.02. The van der Waals surface area contributed by atoms with Gasteiger partial charge in [-0.3, -0.25) is 9.69 Å². The molecule has 3 rings (SSSR count). The van der Waals surface area contributed by atoms with E-state index in [9.17, 15) is 14.0 Å². The minimum absolute atomic E-state index is 0.116. The van der Waals surface area contributed by atoms with E-state index in [1.54, 1.807) is 12.1 Å². The van der Waals surface area contributed by atoms with Crippen LogP contribution < -0.4 is 16.0 Å². The van der Waals surface area contributed by atoms with Crippen LogP contribution in [0.3, 0.4) is 0 Å². The zero-order chi connectivity index (χ0) is 21.9. The van der Waals surface area contributed by atoms with Gasteiger partial charge in [-0.25, -0.2) is 9.18 Å². The minimum atomic E-state index is -0.357. The van der Waals surface area contributed by atoms with Gasteiger partial charge in [-0.15, -0.1) is 0 Å². The van der Waals surface area contributed by atoms with Crippen molar-refractivity contribution in [1.29, 1.82) is 0 Å². The van der Waals surface area contributed by atoms with Gasteiger partial charge >= 0.3 is 6.03 Å². The second kappa shape index (κ2) is 12.1. The van der Waals surface area contributed by atoms with E-state index in [-0.39, 0.29) is 24.2 Å². The van der Waals surface area contributed by atoms with E-state index in [0.29, 0.717) is 31.1 Å². The predicted molar refractivity (Wildman–Crippen MR) is 119 cm³/mol. The van der Waals surface area contributed by atoms with Crippen molar-refractivity contribution in [2.45, 2.75) is 25.8 Å². The smallest absolute Gasteiger partial charge is 0.314 e. The molecule has 3 amide bonds. The van der Waals surface area contributed by atoms with Crippen molar-refractivity contribution >= 4 is 11.9 Å². The molecule has 1 aliphatic rings. The molecule has 1 atom stereocenters. The summed E-state index contributed by atoms with van der Waals surface area (Å²) in [6, 6.07) is 16.2. The van der Waals surface area contributed by atoms with Crippen molar-refractivity contribution < 1.29 is 14.0 Å². The quantitative estimate of drug-likeness (QED) is 0.540. The van der Waals surface area contributed by atoms with E-state index in [1.807, 2.05) is 6.07 Å². The summed E-state index contributed by atoms with van der Waals surface area (Å²) in [5.41, 5.74) is 1.94. The number of nitrogens with zero attached hydrogens (tertiary/aromatic N) is 1. The van der Waals surface area contributed by atoms with Crippen molar-refractivity contribution in [3.63, 3.8) is 0 Å². The summed E-state index contributed by atoms with van der Waals surface area (Å²) < 4.78 is 13.2. The molecule has 7 heteroatoms. The van der Waals surface area contributed by atoms with Crippen molar-refractivity contribution in [1.82, 2.24) is 20.9 Å². The molecule has 0 spiro atoms. The fourth-order valence-electron chi connectivity index (χ4n) is 3.88. The number of halogens is 1. The molecule has 1 fully saturated rings. The monoisotopic (exact) mass is 426 g/mol. The van der Waals surface area contributed by atoms with Gasteiger partial charge in [0, 0.05) is 32.7 Å². The standard InChI is InChI=1S/C24H31FN4O2/c25-22-10-4-8-20(14-22)15-23(30)26-11-12-27-24(31)28-16-21-9-5-13-29(18-21)17-19-6-2-1-3-7-19/h1-4,6-8,10,14,21H,5,9,11-13,15-18H2,(H,26,30)(H2,27,28,31). The molecule has 0 aliphatic carbocycles. The number of carbonyl (C=O) groups is 2. The lowest BCUT2D eigenvalue weighted by Gasteiger charge is -2.32. The number of urea groups is 1. The van der Waals surface area contributed by atoms with Crippen LogP contribution in [0.25, 0.3) is 0 Å². The molecule has 0 bridgehead atoms. The van der Waals surface area contributed by atoms with E-state index in [4.69, 9.17) is 0 Å². The van der Waals surface area contributed by atoms with Gasteiger partial charge in [0.1, 0.15) is 5.82 Å². The molecule has 2 aromatic carbocycles. The average molecular weight is 427 g/mol. The van der Waals surface area contributed by atoms with Crippen LogP contribution in [0.15, 0.2) is 54.6 Å². The number of carbonyl (C=O) groups excluding carboxylic acids is 2. The lowest BCUT2D eigenvalue weighted by molar-refractivity contribution is -0.120. The summed E-state index contributed by atoms with van der Waals surface area (Å²) in [6.45, 7) is 4.32. The van der Waals surface area contributed by atoms with Gasteiger partial charge in [-0.05, 0) is 48.6 Å². The first-order chi connectivity index (χ1) is 15.1. The fraction of sp³-hybridized carbons (Fsp3) is 0.417. The molecule has 166 valence electrons. The maximum Gasteiger partial charge on any atom is 0.314 e. The Morgan fingerprint density at radius 2 is 1.74 bits per heavy atom. The van der Waals surface area contributed by atoms with Crippen LogP contribution in [-0.2, 0) is 17.8 Å². The molecule has 1 saturated heterocycles. The number of hydrogen-bond donors (Lipinski definition) is 3. The summed E-state index contributed by atoms with van der Waals surface area (Å²) in [5, 5.41) is 8.43. The van der Waals surface area contributed by atoms with Crippen LogP contribution >= 0.6 is 0 Å². The van der Waals surface area contributed by atoms with Gasteiger partial charge in [0.05, 0.1) is 6.42 Å². The van der Waals surface area contributed by atoms with Crippen molar-refractivity contribution in [2.24, 2.45) is 5.92 Å². The highest BCUT2D eigenvalue weighted by Crippen LogP contribution is 2.18. The average Bonchev–Trinajstić information content (AvgIpc) is 2.76. The van der Waals surface area contributed by atoms with E-state index in [2.05, 4.69) is 45.1 Å². The zero-order valence-corrected chi connectivity index (χ0v) is 17.8. The van der Waals surface area contributed by atoms with E-state index < -0.39 is 0 Å². The van der Waals surface area contributed by atoms with Crippen LogP contribution in [0.1, 0.15) is 24.0 Å². The molecule has 3 N–H and O–H groups in total. The number of piperidine rings is 1. The normalized spacial score (nSPS) is 16.5. The lowest BCUT2D eigenvalue weighted by atomic mass is 9.97. The van der Waals surface area contributed by atoms with Gasteiger partial charge in [0.2, 0.25) is 5.91 Å². The molecular weight excluding hydrogens is 395 g/mol. The second-order valence-electron chi connectivity index (χ2n) is 8.02. The summed E-state index contributed by atoms with van der Waals surface area (Å²) in [4.78, 5) is 26.4. The Bertz CT molecular complexity index is 846. The largest absolute Gasteiger partial charge is 0.354 e. The Balaban J connectivity index is 1.27. The highest BCUT2D eigenvalue weighted by molar-refractivity contribution is 5.78. The topological polar surface area (TPSA) is 73.5 Å². The molecule has 1 aliphatic heterocycles. The summed E-state index contributed by atoms with van der Waals surface area (Å²) in [5.74, 6) is -0.118. The number of hydrogen-bond acceptors (Lipinski definition) is 3. The van der Waals surface area contributed by atoms with E-state index in [1.165, 1.54) is 17.7 Å². The Labute approximate surface area is 183 Å². The highest BCUT2D eigenvalue weighted by Gasteiger charge is 2.20. The summed E-state index contributed by atoms with van der Waals surface area (Å²) in [7, 11) is 0.